The van der Waals surface area contributed by atoms with E-state index in [0.717, 1.165) is 24.1 Å². The summed E-state index contributed by atoms with van der Waals surface area (Å²) < 4.78 is 5.33. The molecule has 84 valence electrons. The van der Waals surface area contributed by atoms with Crippen molar-refractivity contribution in [1.29, 1.82) is 0 Å². The lowest BCUT2D eigenvalue weighted by Crippen LogP contribution is -1.99. The fraction of sp³-hybridized carbons (Fsp3) is 0.286. The van der Waals surface area contributed by atoms with E-state index in [1.165, 1.54) is 11.1 Å². The second-order valence-corrected chi connectivity index (χ2v) is 3.82. The number of methoxy groups -OCH3 is 1. The van der Waals surface area contributed by atoms with Gasteiger partial charge in [-0.1, -0.05) is 19.1 Å². The predicted molar refractivity (Wildman–Crippen MR) is 69.3 cm³/mol. The van der Waals surface area contributed by atoms with Crippen LogP contribution in [0.1, 0.15) is 13.3 Å². The van der Waals surface area contributed by atoms with Crippen LogP contribution in [0.4, 0.5) is 5.69 Å². The smallest absolute Gasteiger partial charge is 0.126 e. The van der Waals surface area contributed by atoms with Gasteiger partial charge in [-0.2, -0.15) is 0 Å². The molecular weight excluding hydrogens is 198 g/mol. The molecule has 0 unspecified atom stereocenters. The van der Waals surface area contributed by atoms with E-state index in [2.05, 4.69) is 36.5 Å². The van der Waals surface area contributed by atoms with Crippen LogP contribution >= 0.6 is 0 Å². The number of hydrogen-bond donors (Lipinski definition) is 1. The summed E-state index contributed by atoms with van der Waals surface area (Å²) >= 11 is 0. The minimum Gasteiger partial charge on any atom is -0.496 e. The highest BCUT2D eigenvalue weighted by atomic mass is 16.5. The Bertz CT molecular complexity index is 479. The van der Waals surface area contributed by atoms with Gasteiger partial charge in [0.1, 0.15) is 5.75 Å². The first kappa shape index (κ1) is 10.8. The van der Waals surface area contributed by atoms with E-state index >= 15 is 0 Å². The molecule has 2 aromatic rings. The van der Waals surface area contributed by atoms with Crippen LogP contribution in [-0.2, 0) is 0 Å². The van der Waals surface area contributed by atoms with E-state index in [9.17, 15) is 0 Å². The maximum atomic E-state index is 5.33. The Labute approximate surface area is 96.2 Å². The van der Waals surface area contributed by atoms with Gasteiger partial charge in [-0.05, 0) is 36.1 Å². The van der Waals surface area contributed by atoms with Crippen molar-refractivity contribution in [2.24, 2.45) is 0 Å². The third-order valence-electron chi connectivity index (χ3n) is 2.64. The van der Waals surface area contributed by atoms with Crippen molar-refractivity contribution in [3.63, 3.8) is 0 Å². The second-order valence-electron chi connectivity index (χ2n) is 3.82. The lowest BCUT2D eigenvalue weighted by Gasteiger charge is -2.08. The Morgan fingerprint density at radius 3 is 2.81 bits per heavy atom. The Morgan fingerprint density at radius 2 is 2.06 bits per heavy atom. The molecule has 0 aliphatic carbocycles. The lowest BCUT2D eigenvalue weighted by molar-refractivity contribution is 0.420. The SMILES string of the molecule is CCCNc1ccc2c(OC)cccc2c1. The fourth-order valence-electron chi connectivity index (χ4n) is 1.81. The first-order valence-electron chi connectivity index (χ1n) is 5.66. The molecular formula is C14H17NO. The number of nitrogens with one attached hydrogen (secondary N) is 1. The van der Waals surface area contributed by atoms with Crippen LogP contribution in [0.2, 0.25) is 0 Å². The zero-order valence-electron chi connectivity index (χ0n) is 9.79. The standard InChI is InChI=1S/C14H17NO/c1-3-9-15-12-7-8-13-11(10-12)5-4-6-14(13)16-2/h4-8,10,15H,3,9H2,1-2H3. The Kier molecular flexibility index (Phi) is 3.30. The summed E-state index contributed by atoms with van der Waals surface area (Å²) in [7, 11) is 1.71. The molecule has 0 atom stereocenters. The van der Waals surface area contributed by atoms with E-state index < -0.39 is 0 Å². The summed E-state index contributed by atoms with van der Waals surface area (Å²) in [6.45, 7) is 3.17. The van der Waals surface area contributed by atoms with Gasteiger partial charge in [0.05, 0.1) is 7.11 Å². The molecule has 0 radical (unpaired) electrons. The number of fused-ring (bicyclic) bond motifs is 1. The van der Waals surface area contributed by atoms with Gasteiger partial charge in [-0.25, -0.2) is 0 Å². The minimum absolute atomic E-state index is 0.930. The average molecular weight is 215 g/mol. The average Bonchev–Trinajstić information content (AvgIpc) is 2.35. The van der Waals surface area contributed by atoms with Crippen LogP contribution in [0.5, 0.6) is 5.75 Å². The van der Waals surface area contributed by atoms with Crippen molar-refractivity contribution in [2.45, 2.75) is 13.3 Å². The normalized spacial score (nSPS) is 10.4. The number of rotatable bonds is 4. The molecule has 2 aromatic carbocycles. The van der Waals surface area contributed by atoms with E-state index in [4.69, 9.17) is 4.74 Å². The van der Waals surface area contributed by atoms with Gasteiger partial charge in [0.25, 0.3) is 0 Å². The maximum Gasteiger partial charge on any atom is 0.126 e. The van der Waals surface area contributed by atoms with Gasteiger partial charge in [0.15, 0.2) is 0 Å². The molecule has 0 spiro atoms. The Balaban J connectivity index is 2.39. The molecule has 16 heavy (non-hydrogen) atoms. The highest BCUT2D eigenvalue weighted by Gasteiger charge is 2.01. The van der Waals surface area contributed by atoms with Crippen molar-refractivity contribution in [3.05, 3.63) is 36.4 Å². The molecule has 0 saturated heterocycles. The van der Waals surface area contributed by atoms with Crippen LogP contribution in [0, 0.1) is 0 Å². The van der Waals surface area contributed by atoms with Crippen LogP contribution in [0.15, 0.2) is 36.4 Å². The van der Waals surface area contributed by atoms with Gasteiger partial charge < -0.3 is 10.1 Å². The van der Waals surface area contributed by atoms with Gasteiger partial charge >= 0.3 is 0 Å². The van der Waals surface area contributed by atoms with E-state index in [-0.39, 0.29) is 0 Å². The summed E-state index contributed by atoms with van der Waals surface area (Å²) in [6, 6.07) is 12.5. The molecule has 0 fully saturated rings. The van der Waals surface area contributed by atoms with Crippen molar-refractivity contribution in [2.75, 3.05) is 19.0 Å². The third kappa shape index (κ3) is 2.11. The van der Waals surface area contributed by atoms with Gasteiger partial charge in [0.2, 0.25) is 0 Å². The molecule has 2 rings (SSSR count). The zero-order chi connectivity index (χ0) is 11.4. The molecule has 0 saturated carbocycles. The van der Waals surface area contributed by atoms with E-state index in [1.807, 2.05) is 12.1 Å². The quantitative estimate of drug-likeness (QED) is 0.840. The van der Waals surface area contributed by atoms with Crippen molar-refractivity contribution in [3.8, 4) is 5.75 Å². The fourth-order valence-corrected chi connectivity index (χ4v) is 1.81. The highest BCUT2D eigenvalue weighted by Crippen LogP contribution is 2.27. The highest BCUT2D eigenvalue weighted by molar-refractivity contribution is 5.90. The number of ether oxygens (including phenoxy) is 1. The lowest BCUT2D eigenvalue weighted by atomic mass is 10.1. The maximum absolute atomic E-state index is 5.33. The predicted octanol–water partition coefficient (Wildman–Crippen LogP) is 3.67. The largest absolute Gasteiger partial charge is 0.496 e. The van der Waals surface area contributed by atoms with Crippen LogP contribution in [0.25, 0.3) is 10.8 Å². The van der Waals surface area contributed by atoms with Crippen molar-refractivity contribution in [1.82, 2.24) is 0 Å². The van der Waals surface area contributed by atoms with Gasteiger partial charge in [0, 0.05) is 17.6 Å². The topological polar surface area (TPSA) is 21.3 Å². The van der Waals surface area contributed by atoms with E-state index in [0.29, 0.717) is 0 Å². The second kappa shape index (κ2) is 4.88. The summed E-state index contributed by atoms with van der Waals surface area (Å²) in [6.07, 6.45) is 1.14. The summed E-state index contributed by atoms with van der Waals surface area (Å²) in [5.41, 5.74) is 1.17. The molecule has 2 nitrogen and oxygen atoms in total. The molecule has 0 heterocycles. The molecule has 1 N–H and O–H groups in total. The number of hydrogen-bond acceptors (Lipinski definition) is 2. The first-order valence-corrected chi connectivity index (χ1v) is 5.66. The first-order chi connectivity index (χ1) is 7.85. The van der Waals surface area contributed by atoms with Crippen LogP contribution in [-0.4, -0.2) is 13.7 Å². The molecule has 0 amide bonds. The third-order valence-corrected chi connectivity index (χ3v) is 2.64. The van der Waals surface area contributed by atoms with Crippen LogP contribution < -0.4 is 10.1 Å². The number of anilines is 1. The Morgan fingerprint density at radius 1 is 1.19 bits per heavy atom. The number of benzene rings is 2. The molecule has 0 aliphatic rings. The van der Waals surface area contributed by atoms with Crippen molar-refractivity contribution < 1.29 is 4.74 Å². The van der Waals surface area contributed by atoms with E-state index in [1.54, 1.807) is 7.11 Å². The van der Waals surface area contributed by atoms with Crippen molar-refractivity contribution >= 4 is 16.5 Å². The minimum atomic E-state index is 0.930. The summed E-state index contributed by atoms with van der Waals surface area (Å²) in [5.74, 6) is 0.930. The molecule has 0 aliphatic heterocycles. The monoisotopic (exact) mass is 215 g/mol. The molecule has 2 heteroatoms. The molecule has 0 bridgehead atoms. The van der Waals surface area contributed by atoms with Gasteiger partial charge in [-0.15, -0.1) is 0 Å². The van der Waals surface area contributed by atoms with Gasteiger partial charge in [-0.3, -0.25) is 0 Å². The van der Waals surface area contributed by atoms with Crippen LogP contribution in [0.3, 0.4) is 0 Å². The Hall–Kier alpha value is -1.70. The molecule has 0 aromatic heterocycles. The summed E-state index contributed by atoms with van der Waals surface area (Å²) in [4.78, 5) is 0. The zero-order valence-corrected chi connectivity index (χ0v) is 9.79. The summed E-state index contributed by atoms with van der Waals surface area (Å²) in [5, 5.41) is 5.75.